The zero-order chi connectivity index (χ0) is 15.2. The molecule has 1 aromatic carbocycles. The van der Waals surface area contributed by atoms with E-state index in [1.54, 1.807) is 0 Å². The van der Waals surface area contributed by atoms with Crippen molar-refractivity contribution in [3.8, 4) is 0 Å². The fourth-order valence-corrected chi connectivity index (χ4v) is 1.70. The van der Waals surface area contributed by atoms with Crippen molar-refractivity contribution in [2.75, 3.05) is 5.32 Å². The van der Waals surface area contributed by atoms with Gasteiger partial charge in [0.15, 0.2) is 5.82 Å². The molecule has 2 amide bonds. The first-order chi connectivity index (χ1) is 10.0. The molecule has 0 atom stereocenters. The Hall–Kier alpha value is -2.70. The lowest BCUT2D eigenvalue weighted by Gasteiger charge is -2.05. The van der Waals surface area contributed by atoms with Crippen LogP contribution in [-0.2, 0) is 22.7 Å². The first kappa shape index (κ1) is 14.7. The lowest BCUT2D eigenvalue weighted by atomic mass is 10.1. The van der Waals surface area contributed by atoms with Crippen molar-refractivity contribution in [1.29, 1.82) is 0 Å². The van der Waals surface area contributed by atoms with Crippen LogP contribution in [0.3, 0.4) is 0 Å². The van der Waals surface area contributed by atoms with E-state index in [9.17, 15) is 9.59 Å². The molecule has 0 saturated heterocycles. The molecule has 110 valence electrons. The summed E-state index contributed by atoms with van der Waals surface area (Å²) in [6, 6.07) is 7.93. The molecule has 1 heterocycles. The largest absolute Gasteiger partial charge is 0.350 e. The molecular formula is C14H17N5O2. The van der Waals surface area contributed by atoms with Gasteiger partial charge in [-0.05, 0) is 12.5 Å². The number of anilines is 1. The minimum absolute atomic E-state index is 0.00540. The first-order valence-corrected chi connectivity index (χ1v) is 6.53. The van der Waals surface area contributed by atoms with Gasteiger partial charge in [0.1, 0.15) is 6.54 Å². The average molecular weight is 287 g/mol. The van der Waals surface area contributed by atoms with Crippen LogP contribution in [0, 0.1) is 6.92 Å². The van der Waals surface area contributed by atoms with Gasteiger partial charge in [-0.2, -0.15) is 9.90 Å². The molecule has 0 fully saturated rings. The van der Waals surface area contributed by atoms with Gasteiger partial charge in [0.2, 0.25) is 11.8 Å². The Bertz CT molecular complexity index is 633. The molecule has 2 aromatic rings. The van der Waals surface area contributed by atoms with Crippen LogP contribution in [0.25, 0.3) is 0 Å². The normalized spacial score (nSPS) is 10.2. The summed E-state index contributed by atoms with van der Waals surface area (Å²) >= 11 is 0. The van der Waals surface area contributed by atoms with E-state index in [-0.39, 0.29) is 18.4 Å². The van der Waals surface area contributed by atoms with E-state index in [1.165, 1.54) is 23.5 Å². The van der Waals surface area contributed by atoms with Gasteiger partial charge in [0, 0.05) is 13.5 Å². The number of aromatic nitrogens is 3. The Morgan fingerprint density at radius 1 is 1.24 bits per heavy atom. The Labute approximate surface area is 122 Å². The van der Waals surface area contributed by atoms with Crippen molar-refractivity contribution in [3.63, 3.8) is 0 Å². The fraction of sp³-hybridized carbons (Fsp3) is 0.286. The Balaban J connectivity index is 1.82. The third kappa shape index (κ3) is 4.72. The summed E-state index contributed by atoms with van der Waals surface area (Å²) in [6.07, 6.45) is 1.40. The third-order valence-corrected chi connectivity index (χ3v) is 2.74. The van der Waals surface area contributed by atoms with Crippen LogP contribution in [0.5, 0.6) is 0 Å². The molecular weight excluding hydrogens is 270 g/mol. The fourth-order valence-electron chi connectivity index (χ4n) is 1.70. The monoisotopic (exact) mass is 287 g/mol. The van der Waals surface area contributed by atoms with E-state index >= 15 is 0 Å². The summed E-state index contributed by atoms with van der Waals surface area (Å²) in [5.41, 5.74) is 2.21. The van der Waals surface area contributed by atoms with Crippen molar-refractivity contribution < 1.29 is 9.59 Å². The maximum absolute atomic E-state index is 11.8. The van der Waals surface area contributed by atoms with Crippen LogP contribution in [0.4, 0.5) is 5.82 Å². The van der Waals surface area contributed by atoms with Crippen molar-refractivity contribution in [2.45, 2.75) is 26.9 Å². The summed E-state index contributed by atoms with van der Waals surface area (Å²) < 4.78 is 0. The first-order valence-electron chi connectivity index (χ1n) is 6.53. The number of amides is 2. The maximum Gasteiger partial charge on any atom is 0.243 e. The molecule has 0 aliphatic carbocycles. The highest BCUT2D eigenvalue weighted by atomic mass is 16.2. The van der Waals surface area contributed by atoms with Gasteiger partial charge < -0.3 is 10.6 Å². The van der Waals surface area contributed by atoms with E-state index in [4.69, 9.17) is 0 Å². The highest BCUT2D eigenvalue weighted by Gasteiger charge is 2.07. The summed E-state index contributed by atoms with van der Waals surface area (Å²) in [5, 5.41) is 13.2. The maximum atomic E-state index is 11.8. The molecule has 21 heavy (non-hydrogen) atoms. The molecule has 2 rings (SSSR count). The van der Waals surface area contributed by atoms with E-state index < -0.39 is 0 Å². The number of carbonyl (C=O) groups is 2. The smallest absolute Gasteiger partial charge is 0.243 e. The molecule has 0 radical (unpaired) electrons. The highest BCUT2D eigenvalue weighted by Crippen LogP contribution is 2.02. The standard InChI is InChI=1S/C14H17N5O2/c1-10-3-5-12(6-4-10)7-15-14(21)9-19-16-8-13(18-19)17-11(2)20/h3-6,8H,7,9H2,1-2H3,(H,15,21)(H,17,18,20). The van der Waals surface area contributed by atoms with Crippen LogP contribution < -0.4 is 10.6 Å². The van der Waals surface area contributed by atoms with Gasteiger partial charge in [-0.15, -0.1) is 5.10 Å². The van der Waals surface area contributed by atoms with Gasteiger partial charge in [-0.1, -0.05) is 29.8 Å². The van der Waals surface area contributed by atoms with Gasteiger partial charge in [0.05, 0.1) is 6.20 Å². The second-order valence-electron chi connectivity index (χ2n) is 4.70. The van der Waals surface area contributed by atoms with E-state index in [1.807, 2.05) is 31.2 Å². The number of aryl methyl sites for hydroxylation is 1. The molecule has 0 bridgehead atoms. The van der Waals surface area contributed by atoms with E-state index in [2.05, 4.69) is 20.8 Å². The number of nitrogens with zero attached hydrogens (tertiary/aromatic N) is 3. The molecule has 2 N–H and O–H groups in total. The summed E-state index contributed by atoms with van der Waals surface area (Å²) in [6.45, 7) is 3.86. The quantitative estimate of drug-likeness (QED) is 0.853. The summed E-state index contributed by atoms with van der Waals surface area (Å²) in [7, 11) is 0. The molecule has 7 heteroatoms. The predicted octanol–water partition coefficient (Wildman–Crippen LogP) is 0.861. The minimum Gasteiger partial charge on any atom is -0.350 e. The molecule has 1 aromatic heterocycles. The molecule has 0 saturated carbocycles. The van der Waals surface area contributed by atoms with E-state index in [0.29, 0.717) is 12.4 Å². The van der Waals surface area contributed by atoms with Crippen molar-refractivity contribution in [3.05, 3.63) is 41.6 Å². The number of rotatable bonds is 5. The lowest BCUT2D eigenvalue weighted by Crippen LogP contribution is -2.28. The molecule has 0 aliphatic rings. The predicted molar refractivity (Wildman–Crippen MR) is 77.4 cm³/mol. The number of hydrogen-bond donors (Lipinski definition) is 2. The number of nitrogens with one attached hydrogen (secondary N) is 2. The van der Waals surface area contributed by atoms with Crippen molar-refractivity contribution >= 4 is 17.6 Å². The lowest BCUT2D eigenvalue weighted by molar-refractivity contribution is -0.122. The Morgan fingerprint density at radius 2 is 1.95 bits per heavy atom. The number of benzene rings is 1. The molecule has 0 unspecified atom stereocenters. The number of carbonyl (C=O) groups excluding carboxylic acids is 2. The minimum atomic E-state index is -0.231. The SMILES string of the molecule is CC(=O)Nc1cnn(CC(=O)NCc2ccc(C)cc2)n1. The van der Waals surface area contributed by atoms with E-state index in [0.717, 1.165) is 5.56 Å². The van der Waals surface area contributed by atoms with Gasteiger partial charge in [0.25, 0.3) is 0 Å². The molecule has 0 aliphatic heterocycles. The summed E-state index contributed by atoms with van der Waals surface area (Å²) in [5.74, 6) is -0.0970. The summed E-state index contributed by atoms with van der Waals surface area (Å²) in [4.78, 5) is 23.9. The van der Waals surface area contributed by atoms with Crippen molar-refractivity contribution in [1.82, 2.24) is 20.3 Å². The van der Waals surface area contributed by atoms with Crippen LogP contribution in [0.2, 0.25) is 0 Å². The topological polar surface area (TPSA) is 88.9 Å². The average Bonchev–Trinajstić information content (AvgIpc) is 2.84. The van der Waals surface area contributed by atoms with Crippen LogP contribution >= 0.6 is 0 Å². The Kier molecular flexibility index (Phi) is 4.65. The number of hydrogen-bond acceptors (Lipinski definition) is 4. The zero-order valence-corrected chi connectivity index (χ0v) is 12.0. The molecule has 0 spiro atoms. The molecule has 7 nitrogen and oxygen atoms in total. The van der Waals surface area contributed by atoms with Gasteiger partial charge in [-0.25, -0.2) is 0 Å². The third-order valence-electron chi connectivity index (χ3n) is 2.74. The van der Waals surface area contributed by atoms with Crippen LogP contribution in [-0.4, -0.2) is 26.8 Å². The van der Waals surface area contributed by atoms with Crippen LogP contribution in [0.15, 0.2) is 30.5 Å². The second kappa shape index (κ2) is 6.65. The van der Waals surface area contributed by atoms with Crippen LogP contribution in [0.1, 0.15) is 18.1 Å². The van der Waals surface area contributed by atoms with Gasteiger partial charge >= 0.3 is 0 Å². The highest BCUT2D eigenvalue weighted by molar-refractivity contribution is 5.87. The Morgan fingerprint density at radius 3 is 2.62 bits per heavy atom. The van der Waals surface area contributed by atoms with Gasteiger partial charge in [-0.3, -0.25) is 9.59 Å². The zero-order valence-electron chi connectivity index (χ0n) is 12.0. The van der Waals surface area contributed by atoms with Crippen molar-refractivity contribution in [2.24, 2.45) is 0 Å². The second-order valence-corrected chi connectivity index (χ2v) is 4.70.